The van der Waals surface area contributed by atoms with Crippen molar-refractivity contribution >= 4 is 5.97 Å². The molecule has 0 aliphatic heterocycles. The van der Waals surface area contributed by atoms with Crippen molar-refractivity contribution in [3.8, 4) is 5.75 Å². The van der Waals surface area contributed by atoms with Gasteiger partial charge in [-0.2, -0.15) is 13.2 Å². The van der Waals surface area contributed by atoms with Crippen molar-refractivity contribution in [2.75, 3.05) is 0 Å². The number of carbonyl (C=O) groups is 1. The molecule has 0 fully saturated rings. The molecule has 1 aromatic rings. The Labute approximate surface area is 91.0 Å². The van der Waals surface area contributed by atoms with Crippen LogP contribution in [0.4, 0.5) is 13.2 Å². The summed E-state index contributed by atoms with van der Waals surface area (Å²) in [5, 5.41) is 0. The zero-order valence-corrected chi connectivity index (χ0v) is 9.11. The highest BCUT2D eigenvalue weighted by molar-refractivity contribution is 5.78. The van der Waals surface area contributed by atoms with Crippen molar-refractivity contribution in [2.45, 2.75) is 26.9 Å². The molecule has 1 aromatic carbocycles. The molecule has 0 unspecified atom stereocenters. The maximum Gasteiger partial charge on any atom is 0.491 e. The molecule has 5 heteroatoms. The number of hydrogen-bond donors (Lipinski definition) is 0. The van der Waals surface area contributed by atoms with Gasteiger partial charge in [-0.05, 0) is 31.9 Å². The zero-order valence-electron chi connectivity index (χ0n) is 9.11. The minimum Gasteiger partial charge on any atom is -0.419 e. The molecule has 0 atom stereocenters. The van der Waals surface area contributed by atoms with Gasteiger partial charge in [0.2, 0.25) is 0 Å². The molecule has 0 aromatic heterocycles. The molecule has 88 valence electrons. The first-order chi connectivity index (χ1) is 7.21. The lowest BCUT2D eigenvalue weighted by atomic mass is 10.1. The maximum atomic E-state index is 12.0. The number of aryl methyl sites for hydroxylation is 3. The fourth-order valence-electron chi connectivity index (χ4n) is 1.48. The van der Waals surface area contributed by atoms with Crippen LogP contribution in [0.5, 0.6) is 5.75 Å². The fourth-order valence-corrected chi connectivity index (χ4v) is 1.48. The van der Waals surface area contributed by atoms with E-state index >= 15 is 0 Å². The molecular formula is C11H11F3O2. The maximum absolute atomic E-state index is 12.0. The summed E-state index contributed by atoms with van der Waals surface area (Å²) in [6, 6.07) is 3.32. The van der Waals surface area contributed by atoms with Gasteiger partial charge in [-0.25, -0.2) is 4.79 Å². The average Bonchev–Trinajstić information content (AvgIpc) is 2.08. The molecular weight excluding hydrogens is 221 g/mol. The van der Waals surface area contributed by atoms with E-state index in [1.54, 1.807) is 26.0 Å². The molecule has 1 rings (SSSR count). The van der Waals surface area contributed by atoms with Crippen LogP contribution < -0.4 is 4.74 Å². The fraction of sp³-hybridized carbons (Fsp3) is 0.364. The minimum atomic E-state index is -4.97. The van der Waals surface area contributed by atoms with E-state index in [9.17, 15) is 18.0 Å². The number of hydrogen-bond acceptors (Lipinski definition) is 2. The second-order valence-corrected chi connectivity index (χ2v) is 3.62. The molecule has 0 N–H and O–H groups in total. The largest absolute Gasteiger partial charge is 0.491 e. The van der Waals surface area contributed by atoms with Crippen molar-refractivity contribution in [3.05, 3.63) is 28.8 Å². The Bertz CT molecular complexity index is 399. The monoisotopic (exact) mass is 232 g/mol. The Hall–Kier alpha value is -1.52. The Morgan fingerprint density at radius 1 is 1.12 bits per heavy atom. The third-order valence-electron chi connectivity index (χ3n) is 2.03. The predicted octanol–water partition coefficient (Wildman–Crippen LogP) is 3.08. The van der Waals surface area contributed by atoms with Gasteiger partial charge in [-0.3, -0.25) is 0 Å². The summed E-state index contributed by atoms with van der Waals surface area (Å²) >= 11 is 0. The van der Waals surface area contributed by atoms with Gasteiger partial charge in [-0.1, -0.05) is 17.7 Å². The predicted molar refractivity (Wildman–Crippen MR) is 52.3 cm³/mol. The lowest BCUT2D eigenvalue weighted by molar-refractivity contribution is -0.189. The molecule has 0 spiro atoms. The van der Waals surface area contributed by atoms with Gasteiger partial charge in [0.15, 0.2) is 0 Å². The highest BCUT2D eigenvalue weighted by Crippen LogP contribution is 2.27. The SMILES string of the molecule is Cc1cc(C)c(OC(=O)C(F)(F)F)c(C)c1. The topological polar surface area (TPSA) is 26.3 Å². The second-order valence-electron chi connectivity index (χ2n) is 3.62. The highest BCUT2D eigenvalue weighted by atomic mass is 19.4. The van der Waals surface area contributed by atoms with E-state index in [1.165, 1.54) is 0 Å². The molecule has 0 amide bonds. The summed E-state index contributed by atoms with van der Waals surface area (Å²) in [6.45, 7) is 5.01. The number of ether oxygens (including phenoxy) is 1. The zero-order chi connectivity index (χ0) is 12.5. The van der Waals surface area contributed by atoms with Crippen LogP contribution in [0, 0.1) is 20.8 Å². The van der Waals surface area contributed by atoms with Crippen LogP contribution in [-0.4, -0.2) is 12.1 Å². The van der Waals surface area contributed by atoms with Crippen LogP contribution in [-0.2, 0) is 4.79 Å². The van der Waals surface area contributed by atoms with Crippen LogP contribution in [0.25, 0.3) is 0 Å². The number of rotatable bonds is 1. The third-order valence-corrected chi connectivity index (χ3v) is 2.03. The van der Waals surface area contributed by atoms with Crippen LogP contribution in [0.2, 0.25) is 0 Å². The quantitative estimate of drug-likeness (QED) is 0.549. The molecule has 0 aliphatic carbocycles. The number of alkyl halides is 3. The van der Waals surface area contributed by atoms with Gasteiger partial charge < -0.3 is 4.74 Å². The van der Waals surface area contributed by atoms with E-state index < -0.39 is 12.1 Å². The lowest BCUT2D eigenvalue weighted by Crippen LogP contribution is -2.28. The Morgan fingerprint density at radius 2 is 1.56 bits per heavy atom. The Kier molecular flexibility index (Phi) is 3.26. The van der Waals surface area contributed by atoms with E-state index in [1.807, 2.05) is 6.92 Å². The average molecular weight is 232 g/mol. The Morgan fingerprint density at radius 3 is 1.94 bits per heavy atom. The first-order valence-corrected chi connectivity index (χ1v) is 4.58. The van der Waals surface area contributed by atoms with E-state index in [2.05, 4.69) is 4.74 Å². The van der Waals surface area contributed by atoms with E-state index in [0.29, 0.717) is 11.1 Å². The summed E-state index contributed by atoms with van der Waals surface area (Å²) in [5.41, 5.74) is 1.92. The number of halogens is 3. The number of esters is 1. The van der Waals surface area contributed by atoms with Crippen LogP contribution in [0.3, 0.4) is 0 Å². The van der Waals surface area contributed by atoms with Gasteiger partial charge in [0.25, 0.3) is 0 Å². The normalized spacial score (nSPS) is 11.4. The first kappa shape index (κ1) is 12.5. The third kappa shape index (κ3) is 2.74. The Balaban J connectivity index is 3.03. The van der Waals surface area contributed by atoms with Crippen LogP contribution in [0.15, 0.2) is 12.1 Å². The van der Waals surface area contributed by atoms with Crippen molar-refractivity contribution in [2.24, 2.45) is 0 Å². The van der Waals surface area contributed by atoms with Crippen molar-refractivity contribution in [1.29, 1.82) is 0 Å². The second kappa shape index (κ2) is 4.15. The van der Waals surface area contributed by atoms with Crippen LogP contribution >= 0.6 is 0 Å². The van der Waals surface area contributed by atoms with E-state index in [-0.39, 0.29) is 5.75 Å². The smallest absolute Gasteiger partial charge is 0.419 e. The van der Waals surface area contributed by atoms with Gasteiger partial charge >= 0.3 is 12.1 Å². The van der Waals surface area contributed by atoms with E-state index in [4.69, 9.17) is 0 Å². The summed E-state index contributed by atoms with van der Waals surface area (Å²) in [7, 11) is 0. The van der Waals surface area contributed by atoms with Gasteiger partial charge in [0.05, 0.1) is 0 Å². The van der Waals surface area contributed by atoms with Crippen molar-refractivity contribution < 1.29 is 22.7 Å². The first-order valence-electron chi connectivity index (χ1n) is 4.58. The van der Waals surface area contributed by atoms with Crippen LogP contribution in [0.1, 0.15) is 16.7 Å². The van der Waals surface area contributed by atoms with Crippen molar-refractivity contribution in [3.63, 3.8) is 0 Å². The van der Waals surface area contributed by atoms with Gasteiger partial charge in [-0.15, -0.1) is 0 Å². The molecule has 0 saturated heterocycles. The lowest BCUT2D eigenvalue weighted by Gasteiger charge is -2.12. The number of benzene rings is 1. The van der Waals surface area contributed by atoms with E-state index in [0.717, 1.165) is 5.56 Å². The highest BCUT2D eigenvalue weighted by Gasteiger charge is 2.41. The molecule has 0 heterocycles. The molecule has 16 heavy (non-hydrogen) atoms. The summed E-state index contributed by atoms with van der Waals surface area (Å²) in [5.74, 6) is -2.21. The molecule has 0 aliphatic rings. The minimum absolute atomic E-state index is 0.0204. The van der Waals surface area contributed by atoms with Crippen molar-refractivity contribution in [1.82, 2.24) is 0 Å². The summed E-state index contributed by atoms with van der Waals surface area (Å²) in [6.07, 6.45) is -4.97. The molecule has 0 radical (unpaired) electrons. The molecule has 2 nitrogen and oxygen atoms in total. The number of carbonyl (C=O) groups excluding carboxylic acids is 1. The molecule has 0 bridgehead atoms. The molecule has 0 saturated carbocycles. The van der Waals surface area contributed by atoms with Gasteiger partial charge in [0.1, 0.15) is 5.75 Å². The summed E-state index contributed by atoms with van der Waals surface area (Å²) < 4.78 is 40.3. The standard InChI is InChI=1S/C11H11F3O2/c1-6-4-7(2)9(8(3)5-6)16-10(15)11(12,13)14/h4-5H,1-3H3. The van der Waals surface area contributed by atoms with Gasteiger partial charge in [0, 0.05) is 0 Å². The summed E-state index contributed by atoms with van der Waals surface area (Å²) in [4.78, 5) is 10.7.